The van der Waals surface area contributed by atoms with Crippen LogP contribution < -0.4 is 0 Å². The maximum Gasteiger partial charge on any atom is 0.0491 e. The Hall–Kier alpha value is -0.630. The molecule has 10 heavy (non-hydrogen) atoms. The second kappa shape index (κ2) is 3.52. The monoisotopic (exact) mass is 197 g/mol. The van der Waals surface area contributed by atoms with E-state index in [1.54, 1.807) is 0 Å². The smallest absolute Gasteiger partial charge is 0.0491 e. The Morgan fingerprint density at radius 2 is 1.90 bits per heavy atom. The third-order valence-electron chi connectivity index (χ3n) is 1.26. The number of alkyl halides is 1. The zero-order valence-electron chi connectivity index (χ0n) is 5.47. The second-order valence-corrected chi connectivity index (χ2v) is 2.54. The van der Waals surface area contributed by atoms with E-state index >= 15 is 0 Å². The number of hydrogen-bond donors (Lipinski definition) is 1. The summed E-state index contributed by atoms with van der Waals surface area (Å²) in [6.45, 7) is 0. The first-order valence-electron chi connectivity index (χ1n) is 3.03. The molecule has 1 rings (SSSR count). The van der Waals surface area contributed by atoms with Gasteiger partial charge in [0, 0.05) is 11.0 Å². The van der Waals surface area contributed by atoms with Crippen molar-refractivity contribution in [2.45, 2.75) is 0 Å². The highest BCUT2D eigenvalue weighted by Gasteiger charge is 1.94. The Morgan fingerprint density at radius 3 is 2.40 bits per heavy atom. The van der Waals surface area contributed by atoms with Crippen molar-refractivity contribution in [2.75, 3.05) is 5.33 Å². The summed E-state index contributed by atoms with van der Waals surface area (Å²) in [7, 11) is 0. The summed E-state index contributed by atoms with van der Waals surface area (Å²) in [5.74, 6) is 0. The van der Waals surface area contributed by atoms with Crippen LogP contribution in [0.5, 0.6) is 0 Å². The molecule has 1 N–H and O–H groups in total. The molecule has 0 heterocycles. The Balaban J connectivity index is 2.85. The molecule has 0 atom stereocenters. The van der Waals surface area contributed by atoms with Crippen molar-refractivity contribution in [3.8, 4) is 0 Å². The first-order valence-corrected chi connectivity index (χ1v) is 4.15. The lowest BCUT2D eigenvalue weighted by Gasteiger charge is -1.96. The van der Waals surface area contributed by atoms with Crippen LogP contribution in [0.2, 0.25) is 0 Å². The van der Waals surface area contributed by atoms with E-state index in [2.05, 4.69) is 15.9 Å². The molecule has 0 radical (unpaired) electrons. The molecule has 1 aromatic carbocycles. The molecule has 0 unspecified atom stereocenters. The molecule has 0 saturated heterocycles. The summed E-state index contributed by atoms with van der Waals surface area (Å²) in [6.07, 6.45) is 0. The van der Waals surface area contributed by atoms with E-state index in [4.69, 9.17) is 5.41 Å². The van der Waals surface area contributed by atoms with Gasteiger partial charge >= 0.3 is 0 Å². The van der Waals surface area contributed by atoms with Crippen LogP contribution in [-0.4, -0.2) is 11.0 Å². The summed E-state index contributed by atoms with van der Waals surface area (Å²) < 4.78 is 0. The third kappa shape index (κ3) is 1.67. The number of rotatable bonds is 2. The predicted molar refractivity (Wildman–Crippen MR) is 47.1 cm³/mol. The van der Waals surface area contributed by atoms with Crippen LogP contribution in [0.1, 0.15) is 5.56 Å². The van der Waals surface area contributed by atoms with Crippen molar-refractivity contribution in [1.82, 2.24) is 0 Å². The van der Waals surface area contributed by atoms with Crippen molar-refractivity contribution in [1.29, 1.82) is 5.41 Å². The Kier molecular flexibility index (Phi) is 2.63. The number of benzene rings is 1. The van der Waals surface area contributed by atoms with E-state index in [9.17, 15) is 0 Å². The van der Waals surface area contributed by atoms with E-state index in [0.29, 0.717) is 11.0 Å². The molecule has 0 saturated carbocycles. The minimum Gasteiger partial charge on any atom is -0.304 e. The van der Waals surface area contributed by atoms with Gasteiger partial charge in [-0.25, -0.2) is 0 Å². The fraction of sp³-hybridized carbons (Fsp3) is 0.125. The molecule has 0 aromatic heterocycles. The molecule has 0 spiro atoms. The number of halogens is 1. The molecule has 1 aromatic rings. The second-order valence-electron chi connectivity index (χ2n) is 1.98. The zero-order chi connectivity index (χ0) is 7.40. The first kappa shape index (κ1) is 7.48. The molecule has 0 aliphatic carbocycles. The minimum absolute atomic E-state index is 0.622. The first-order chi connectivity index (χ1) is 4.84. The van der Waals surface area contributed by atoms with Crippen molar-refractivity contribution in [2.24, 2.45) is 0 Å². The van der Waals surface area contributed by atoms with E-state index < -0.39 is 0 Å². The molecule has 0 aliphatic heterocycles. The molecule has 52 valence electrons. The number of nitrogens with one attached hydrogen (secondary N) is 1. The normalized spacial score (nSPS) is 9.30. The van der Waals surface area contributed by atoms with Gasteiger partial charge in [-0.05, 0) is 5.56 Å². The SMILES string of the molecule is N=C(CBr)c1ccccc1. The van der Waals surface area contributed by atoms with Crippen LogP contribution in [0.3, 0.4) is 0 Å². The molecular weight excluding hydrogens is 190 g/mol. The molecule has 0 aliphatic rings. The minimum atomic E-state index is 0.622. The third-order valence-corrected chi connectivity index (χ3v) is 1.82. The van der Waals surface area contributed by atoms with Gasteiger partial charge in [-0.2, -0.15) is 0 Å². The topological polar surface area (TPSA) is 23.9 Å². The van der Waals surface area contributed by atoms with Crippen LogP contribution >= 0.6 is 15.9 Å². The van der Waals surface area contributed by atoms with Gasteiger partial charge < -0.3 is 5.41 Å². The highest BCUT2D eigenvalue weighted by molar-refractivity contribution is 9.09. The summed E-state index contributed by atoms with van der Waals surface area (Å²) in [6, 6.07) is 9.69. The van der Waals surface area contributed by atoms with E-state index in [-0.39, 0.29) is 0 Å². The van der Waals surface area contributed by atoms with Crippen LogP contribution in [0.4, 0.5) is 0 Å². The average Bonchev–Trinajstić information content (AvgIpc) is 2.05. The van der Waals surface area contributed by atoms with Gasteiger partial charge in [0.1, 0.15) is 0 Å². The molecule has 0 amide bonds. The van der Waals surface area contributed by atoms with Gasteiger partial charge in [0.2, 0.25) is 0 Å². The van der Waals surface area contributed by atoms with E-state index in [0.717, 1.165) is 5.56 Å². The fourth-order valence-corrected chi connectivity index (χ4v) is 1.04. The lowest BCUT2D eigenvalue weighted by molar-refractivity contribution is 1.47. The number of hydrogen-bond acceptors (Lipinski definition) is 1. The molecular formula is C8H8BrN. The lowest BCUT2D eigenvalue weighted by Crippen LogP contribution is -1.98. The van der Waals surface area contributed by atoms with Gasteiger partial charge in [0.25, 0.3) is 0 Å². The molecule has 0 fully saturated rings. The summed E-state index contributed by atoms with van der Waals surface area (Å²) >= 11 is 3.23. The van der Waals surface area contributed by atoms with Gasteiger partial charge in [0.05, 0.1) is 0 Å². The lowest BCUT2D eigenvalue weighted by atomic mass is 10.1. The summed E-state index contributed by atoms with van der Waals surface area (Å²) in [5, 5.41) is 8.05. The van der Waals surface area contributed by atoms with Crippen LogP contribution in [0.25, 0.3) is 0 Å². The van der Waals surface area contributed by atoms with Gasteiger partial charge in [-0.15, -0.1) is 0 Å². The predicted octanol–water partition coefficient (Wildman–Crippen LogP) is 2.45. The van der Waals surface area contributed by atoms with Crippen LogP contribution in [-0.2, 0) is 0 Å². The molecule has 1 nitrogen and oxygen atoms in total. The van der Waals surface area contributed by atoms with Gasteiger partial charge in [-0.3, -0.25) is 0 Å². The summed E-state index contributed by atoms with van der Waals surface area (Å²) in [5.41, 5.74) is 1.61. The standard InChI is InChI=1S/C8H8BrN/c9-6-8(10)7-4-2-1-3-5-7/h1-5,10H,6H2. The van der Waals surface area contributed by atoms with Crippen molar-refractivity contribution in [3.63, 3.8) is 0 Å². The molecule has 0 bridgehead atoms. The zero-order valence-corrected chi connectivity index (χ0v) is 7.06. The Morgan fingerprint density at radius 1 is 1.30 bits per heavy atom. The van der Waals surface area contributed by atoms with Gasteiger partial charge in [0.15, 0.2) is 0 Å². The van der Waals surface area contributed by atoms with E-state index in [1.807, 2.05) is 30.3 Å². The Labute approximate surface area is 68.7 Å². The highest BCUT2D eigenvalue weighted by atomic mass is 79.9. The van der Waals surface area contributed by atoms with Crippen LogP contribution in [0, 0.1) is 5.41 Å². The van der Waals surface area contributed by atoms with Crippen molar-refractivity contribution >= 4 is 21.6 Å². The average molecular weight is 198 g/mol. The fourth-order valence-electron chi connectivity index (χ4n) is 0.716. The van der Waals surface area contributed by atoms with Gasteiger partial charge in [-0.1, -0.05) is 46.3 Å². The Bertz CT molecular complexity index is 218. The largest absolute Gasteiger partial charge is 0.304 e. The quantitative estimate of drug-likeness (QED) is 0.557. The van der Waals surface area contributed by atoms with Crippen LogP contribution in [0.15, 0.2) is 30.3 Å². The highest BCUT2D eigenvalue weighted by Crippen LogP contribution is 2.00. The maximum absolute atomic E-state index is 7.43. The summed E-state index contributed by atoms with van der Waals surface area (Å²) in [4.78, 5) is 0. The van der Waals surface area contributed by atoms with Crippen molar-refractivity contribution < 1.29 is 0 Å². The molecule has 2 heteroatoms. The maximum atomic E-state index is 7.43. The van der Waals surface area contributed by atoms with Crippen molar-refractivity contribution in [3.05, 3.63) is 35.9 Å². The van der Waals surface area contributed by atoms with E-state index in [1.165, 1.54) is 0 Å².